The summed E-state index contributed by atoms with van der Waals surface area (Å²) in [6.45, 7) is 7.42. The van der Waals surface area contributed by atoms with Crippen molar-refractivity contribution < 1.29 is 19.2 Å². The summed E-state index contributed by atoms with van der Waals surface area (Å²) in [5.74, 6) is 4.85. The second-order valence-electron chi connectivity index (χ2n) is 5.75. The lowest BCUT2D eigenvalue weighted by molar-refractivity contribution is -0.137. The highest BCUT2D eigenvalue weighted by Crippen LogP contribution is 2.18. The van der Waals surface area contributed by atoms with E-state index in [1.165, 1.54) is 17.1 Å². The predicted molar refractivity (Wildman–Crippen MR) is 74.4 cm³/mol. The molecule has 0 aromatic heterocycles. The van der Waals surface area contributed by atoms with E-state index >= 15 is 0 Å². The Balaban J connectivity index is 2.27. The molecule has 1 aliphatic rings. The van der Waals surface area contributed by atoms with Crippen molar-refractivity contribution in [1.82, 2.24) is 4.90 Å². The Bertz CT molecular complexity index is 361. The van der Waals surface area contributed by atoms with E-state index < -0.39 is 0 Å². The average molecular weight is 284 g/mol. The molecule has 1 unspecified atom stereocenters. The number of ether oxygens (including phenoxy) is 1. The Kier molecular flexibility index (Phi) is 6.32. The molecule has 2 N–H and O–H groups in total. The molecule has 6 heteroatoms. The van der Waals surface area contributed by atoms with Gasteiger partial charge in [0.05, 0.1) is 12.2 Å². The summed E-state index contributed by atoms with van der Waals surface area (Å²) < 4.78 is 5.81. The molecular formula is C14H24N2O4. The largest absolute Gasteiger partial charge is 0.375 e. The Morgan fingerprint density at radius 3 is 2.45 bits per heavy atom. The molecule has 20 heavy (non-hydrogen) atoms. The molecule has 1 aliphatic heterocycles. The Hall–Kier alpha value is -1.24. The van der Waals surface area contributed by atoms with Gasteiger partial charge in [0.2, 0.25) is 0 Å². The van der Waals surface area contributed by atoms with E-state index in [0.29, 0.717) is 32.1 Å². The molecule has 1 atom stereocenters. The van der Waals surface area contributed by atoms with E-state index in [-0.39, 0.29) is 17.4 Å². The van der Waals surface area contributed by atoms with Gasteiger partial charge in [-0.25, -0.2) is 5.90 Å². The molecule has 1 heterocycles. The van der Waals surface area contributed by atoms with Gasteiger partial charge in [-0.1, -0.05) is 6.92 Å². The van der Waals surface area contributed by atoms with Gasteiger partial charge in [-0.05, 0) is 32.6 Å². The third kappa shape index (κ3) is 5.40. The predicted octanol–water partition coefficient (Wildman–Crippen LogP) is 1.01. The lowest BCUT2D eigenvalue weighted by Crippen LogP contribution is -2.36. The number of nitrogens with two attached hydrogens (primary N) is 1. The summed E-state index contributed by atoms with van der Waals surface area (Å²) in [6.07, 6.45) is 4.05. The molecule has 0 aliphatic carbocycles. The summed E-state index contributed by atoms with van der Waals surface area (Å²) in [5.41, 5.74) is -0.382. The molecular weight excluding hydrogens is 260 g/mol. The smallest absolute Gasteiger partial charge is 0.253 e. The molecule has 0 fully saturated rings. The van der Waals surface area contributed by atoms with Crippen LogP contribution in [0.4, 0.5) is 0 Å². The van der Waals surface area contributed by atoms with Crippen LogP contribution in [0.3, 0.4) is 0 Å². The van der Waals surface area contributed by atoms with Gasteiger partial charge in [0.1, 0.15) is 0 Å². The number of amides is 2. The number of rotatable bonds is 9. The molecule has 6 nitrogen and oxygen atoms in total. The minimum Gasteiger partial charge on any atom is -0.375 e. The lowest BCUT2D eigenvalue weighted by atomic mass is 10.0. The fourth-order valence-electron chi connectivity index (χ4n) is 1.89. The van der Waals surface area contributed by atoms with Crippen LogP contribution < -0.4 is 5.90 Å². The molecule has 0 aromatic rings. The maximum Gasteiger partial charge on any atom is 0.253 e. The second-order valence-corrected chi connectivity index (χ2v) is 5.75. The van der Waals surface area contributed by atoms with Gasteiger partial charge in [-0.15, -0.1) is 0 Å². The standard InChI is InChI=1S/C14H24N2O4/c1-11(10-20-15)6-9-19-14(2,3)7-8-16-12(17)4-5-13(16)18/h4-5,11H,6-10,15H2,1-3H3. The number of carbonyl (C=O) groups is 2. The fraction of sp³-hybridized carbons (Fsp3) is 0.714. The normalized spacial score (nSPS) is 17.1. The van der Waals surface area contributed by atoms with Crippen LogP contribution in [0.25, 0.3) is 0 Å². The lowest BCUT2D eigenvalue weighted by Gasteiger charge is -2.28. The fourth-order valence-corrected chi connectivity index (χ4v) is 1.89. The number of hydrogen-bond donors (Lipinski definition) is 1. The molecule has 0 saturated carbocycles. The van der Waals surface area contributed by atoms with Crippen LogP contribution in [0.1, 0.15) is 33.6 Å². The highest BCUT2D eigenvalue weighted by atomic mass is 16.6. The van der Waals surface area contributed by atoms with Gasteiger partial charge >= 0.3 is 0 Å². The number of hydrogen-bond acceptors (Lipinski definition) is 5. The highest BCUT2D eigenvalue weighted by Gasteiger charge is 2.27. The van der Waals surface area contributed by atoms with Crippen LogP contribution in [0.5, 0.6) is 0 Å². The quantitative estimate of drug-likeness (QED) is 0.505. The SMILES string of the molecule is CC(CCOC(C)(C)CCN1C(=O)C=CC1=O)CON. The summed E-state index contributed by atoms with van der Waals surface area (Å²) in [6, 6.07) is 0. The summed E-state index contributed by atoms with van der Waals surface area (Å²) >= 11 is 0. The first kappa shape index (κ1) is 16.8. The van der Waals surface area contributed by atoms with Gasteiger partial charge in [0, 0.05) is 25.3 Å². The van der Waals surface area contributed by atoms with E-state index in [4.69, 9.17) is 10.6 Å². The molecule has 0 radical (unpaired) electrons. The Labute approximate surface area is 119 Å². The van der Waals surface area contributed by atoms with E-state index in [0.717, 1.165) is 6.42 Å². The Morgan fingerprint density at radius 1 is 1.30 bits per heavy atom. The van der Waals surface area contributed by atoms with Crippen molar-refractivity contribution in [2.45, 2.75) is 39.2 Å². The van der Waals surface area contributed by atoms with Crippen LogP contribution in [-0.2, 0) is 19.2 Å². The maximum absolute atomic E-state index is 11.4. The van der Waals surface area contributed by atoms with E-state index in [1.807, 2.05) is 20.8 Å². The first-order chi connectivity index (χ1) is 9.35. The van der Waals surface area contributed by atoms with E-state index in [2.05, 4.69) is 4.84 Å². The minimum atomic E-state index is -0.382. The molecule has 114 valence electrons. The van der Waals surface area contributed by atoms with Crippen LogP contribution in [0.15, 0.2) is 12.2 Å². The zero-order valence-corrected chi connectivity index (χ0v) is 12.4. The molecule has 1 rings (SSSR count). The van der Waals surface area contributed by atoms with E-state index in [1.54, 1.807) is 0 Å². The highest BCUT2D eigenvalue weighted by molar-refractivity contribution is 6.12. The first-order valence-corrected chi connectivity index (χ1v) is 6.85. The second kappa shape index (κ2) is 7.52. The third-order valence-corrected chi connectivity index (χ3v) is 3.32. The molecule has 2 amide bonds. The monoisotopic (exact) mass is 284 g/mol. The maximum atomic E-state index is 11.4. The van der Waals surface area contributed by atoms with Crippen molar-refractivity contribution in [2.24, 2.45) is 11.8 Å². The van der Waals surface area contributed by atoms with Crippen molar-refractivity contribution in [1.29, 1.82) is 0 Å². The first-order valence-electron chi connectivity index (χ1n) is 6.85. The van der Waals surface area contributed by atoms with Crippen molar-refractivity contribution in [3.05, 3.63) is 12.2 Å². The van der Waals surface area contributed by atoms with Gasteiger partial charge in [-0.3, -0.25) is 14.5 Å². The minimum absolute atomic E-state index is 0.250. The van der Waals surface area contributed by atoms with Crippen molar-refractivity contribution in [2.75, 3.05) is 19.8 Å². The molecule has 0 bridgehead atoms. The van der Waals surface area contributed by atoms with Crippen LogP contribution in [-0.4, -0.2) is 42.1 Å². The zero-order valence-electron chi connectivity index (χ0n) is 12.4. The number of imide groups is 1. The molecule has 0 spiro atoms. The van der Waals surface area contributed by atoms with E-state index in [9.17, 15) is 9.59 Å². The van der Waals surface area contributed by atoms with Crippen LogP contribution in [0.2, 0.25) is 0 Å². The average Bonchev–Trinajstić information content (AvgIpc) is 2.67. The van der Waals surface area contributed by atoms with Crippen molar-refractivity contribution >= 4 is 11.8 Å². The van der Waals surface area contributed by atoms with Crippen LogP contribution in [0, 0.1) is 5.92 Å². The molecule has 0 aromatic carbocycles. The summed E-state index contributed by atoms with van der Waals surface area (Å²) in [5, 5.41) is 0. The van der Waals surface area contributed by atoms with Crippen molar-refractivity contribution in [3.8, 4) is 0 Å². The van der Waals surface area contributed by atoms with Gasteiger partial charge in [0.25, 0.3) is 11.8 Å². The van der Waals surface area contributed by atoms with Gasteiger partial charge in [0.15, 0.2) is 0 Å². The van der Waals surface area contributed by atoms with Gasteiger partial charge < -0.3 is 9.57 Å². The number of nitrogens with zero attached hydrogens (tertiary/aromatic N) is 1. The van der Waals surface area contributed by atoms with Gasteiger partial charge in [-0.2, -0.15) is 0 Å². The number of carbonyl (C=O) groups excluding carboxylic acids is 2. The Morgan fingerprint density at radius 2 is 1.90 bits per heavy atom. The summed E-state index contributed by atoms with van der Waals surface area (Å²) in [7, 11) is 0. The van der Waals surface area contributed by atoms with Crippen LogP contribution >= 0.6 is 0 Å². The zero-order chi connectivity index (χ0) is 15.2. The summed E-state index contributed by atoms with van der Waals surface area (Å²) in [4.78, 5) is 28.7. The topological polar surface area (TPSA) is 81.9 Å². The third-order valence-electron chi connectivity index (χ3n) is 3.32. The van der Waals surface area contributed by atoms with Crippen molar-refractivity contribution in [3.63, 3.8) is 0 Å². The molecule has 0 saturated heterocycles.